The molecule has 0 bridgehead atoms. The summed E-state index contributed by atoms with van der Waals surface area (Å²) >= 11 is 5.92. The van der Waals surface area contributed by atoms with Gasteiger partial charge >= 0.3 is 0 Å². The molecule has 0 fully saturated rings. The van der Waals surface area contributed by atoms with E-state index in [1.54, 1.807) is 66.7 Å². The Morgan fingerprint density at radius 2 is 1.44 bits per heavy atom. The van der Waals surface area contributed by atoms with Crippen LogP contribution in [0.3, 0.4) is 0 Å². The molecule has 0 saturated carbocycles. The highest BCUT2D eigenvalue weighted by molar-refractivity contribution is 7.91. The van der Waals surface area contributed by atoms with Crippen molar-refractivity contribution < 1.29 is 17.9 Å². The van der Waals surface area contributed by atoms with Gasteiger partial charge in [0.1, 0.15) is 11.5 Å². The van der Waals surface area contributed by atoms with Crippen molar-refractivity contribution in [2.75, 3.05) is 10.0 Å². The molecule has 0 unspecified atom stereocenters. The van der Waals surface area contributed by atoms with Gasteiger partial charge in [0.05, 0.1) is 17.0 Å². The van der Waals surface area contributed by atoms with Gasteiger partial charge in [-0.3, -0.25) is 9.52 Å². The summed E-state index contributed by atoms with van der Waals surface area (Å²) in [6.45, 7) is 0. The summed E-state index contributed by atoms with van der Waals surface area (Å²) in [5, 5.41) is 3.30. The Bertz CT molecular complexity index is 1380. The number of ether oxygens (including phenoxy) is 1. The van der Waals surface area contributed by atoms with Gasteiger partial charge in [0.15, 0.2) is 0 Å². The summed E-state index contributed by atoms with van der Waals surface area (Å²) in [5.74, 6) is 0.245. The van der Waals surface area contributed by atoms with Crippen LogP contribution in [-0.4, -0.2) is 14.3 Å². The smallest absolute Gasteiger partial charge is 0.257 e. The van der Waals surface area contributed by atoms with Crippen molar-refractivity contribution in [2.24, 2.45) is 0 Å². The van der Waals surface area contributed by atoms with E-state index in [0.29, 0.717) is 27.8 Å². The van der Waals surface area contributed by atoms with E-state index in [2.05, 4.69) is 10.0 Å². The Hall–Kier alpha value is -3.81. The predicted octanol–water partition coefficient (Wildman–Crippen LogP) is 6.33. The summed E-state index contributed by atoms with van der Waals surface area (Å²) in [6.07, 6.45) is 0. The van der Waals surface area contributed by atoms with Crippen LogP contribution in [0.2, 0.25) is 5.02 Å². The third-order valence-electron chi connectivity index (χ3n) is 4.78. The maximum absolute atomic E-state index is 13.1. The summed E-state index contributed by atoms with van der Waals surface area (Å²) in [5.41, 5.74) is 1.40. The molecule has 2 N–H and O–H groups in total. The fourth-order valence-electron chi connectivity index (χ4n) is 3.22. The van der Waals surface area contributed by atoms with Crippen LogP contribution in [0.4, 0.5) is 11.4 Å². The van der Waals surface area contributed by atoms with E-state index < -0.39 is 15.9 Å². The van der Waals surface area contributed by atoms with Gasteiger partial charge in [-0.15, -0.1) is 0 Å². The molecule has 4 aromatic rings. The number of hydrogen-bond donors (Lipinski definition) is 2. The zero-order valence-corrected chi connectivity index (χ0v) is 19.5. The van der Waals surface area contributed by atoms with Gasteiger partial charge in [-0.25, -0.2) is 8.42 Å². The molecule has 8 heteroatoms. The van der Waals surface area contributed by atoms with Crippen molar-refractivity contribution in [2.45, 2.75) is 5.75 Å². The van der Waals surface area contributed by atoms with E-state index in [0.717, 1.165) is 0 Å². The molecule has 0 spiro atoms. The molecule has 172 valence electrons. The van der Waals surface area contributed by atoms with Crippen molar-refractivity contribution in [3.8, 4) is 11.5 Å². The van der Waals surface area contributed by atoms with E-state index >= 15 is 0 Å². The number of halogens is 1. The zero-order valence-electron chi connectivity index (χ0n) is 17.9. The maximum Gasteiger partial charge on any atom is 0.257 e. The Morgan fingerprint density at radius 3 is 2.12 bits per heavy atom. The first kappa shape index (κ1) is 23.4. The summed E-state index contributed by atoms with van der Waals surface area (Å²) in [6, 6.07) is 29.1. The van der Waals surface area contributed by atoms with Gasteiger partial charge in [0.2, 0.25) is 10.0 Å². The second kappa shape index (κ2) is 10.4. The first-order valence-electron chi connectivity index (χ1n) is 10.4. The number of carbonyl (C=O) groups excluding carboxylic acids is 1. The van der Waals surface area contributed by atoms with E-state index in [4.69, 9.17) is 16.3 Å². The molecular weight excluding hydrogens is 472 g/mol. The molecular formula is C26H21ClN2O4S. The normalized spacial score (nSPS) is 11.0. The summed E-state index contributed by atoms with van der Waals surface area (Å²) in [7, 11) is -3.78. The van der Waals surface area contributed by atoms with Crippen molar-refractivity contribution >= 4 is 38.9 Å². The number of rotatable bonds is 8. The van der Waals surface area contributed by atoms with Crippen LogP contribution in [0.25, 0.3) is 0 Å². The van der Waals surface area contributed by atoms with Gasteiger partial charge in [-0.2, -0.15) is 0 Å². The SMILES string of the molecule is O=C(Nc1ccc(Cl)cc1)c1cc(Oc2ccccc2)ccc1NS(=O)(=O)Cc1ccccc1. The van der Waals surface area contributed by atoms with E-state index in [-0.39, 0.29) is 17.0 Å². The number of para-hydroxylation sites is 1. The second-order valence-corrected chi connectivity index (χ2v) is 9.59. The molecule has 0 atom stereocenters. The molecule has 6 nitrogen and oxygen atoms in total. The fraction of sp³-hybridized carbons (Fsp3) is 0.0385. The maximum atomic E-state index is 13.1. The molecule has 0 radical (unpaired) electrons. The van der Waals surface area contributed by atoms with Gasteiger partial charge in [0, 0.05) is 10.7 Å². The Balaban J connectivity index is 1.63. The second-order valence-electron chi connectivity index (χ2n) is 7.43. The quantitative estimate of drug-likeness (QED) is 0.301. The predicted molar refractivity (Wildman–Crippen MR) is 135 cm³/mol. The van der Waals surface area contributed by atoms with Gasteiger partial charge in [-0.05, 0) is 60.2 Å². The highest BCUT2D eigenvalue weighted by atomic mass is 35.5. The molecule has 0 heterocycles. The first-order chi connectivity index (χ1) is 16.4. The highest BCUT2D eigenvalue weighted by Crippen LogP contribution is 2.28. The number of carbonyl (C=O) groups is 1. The number of benzene rings is 4. The molecule has 0 aliphatic carbocycles. The van der Waals surface area contributed by atoms with Crippen LogP contribution in [0.5, 0.6) is 11.5 Å². The number of anilines is 2. The Kier molecular flexibility index (Phi) is 7.15. The third kappa shape index (κ3) is 6.37. The fourth-order valence-corrected chi connectivity index (χ4v) is 4.56. The monoisotopic (exact) mass is 492 g/mol. The molecule has 1 amide bonds. The van der Waals surface area contributed by atoms with Crippen LogP contribution in [-0.2, 0) is 15.8 Å². The van der Waals surface area contributed by atoms with Crippen LogP contribution in [0, 0.1) is 0 Å². The van der Waals surface area contributed by atoms with E-state index in [9.17, 15) is 13.2 Å². The standard InChI is InChI=1S/C26H21ClN2O4S/c27-20-11-13-21(14-12-20)28-26(30)24-17-23(33-22-9-5-2-6-10-22)15-16-25(24)29-34(31,32)18-19-7-3-1-4-8-19/h1-17,29H,18H2,(H,28,30). The number of nitrogens with one attached hydrogen (secondary N) is 2. The lowest BCUT2D eigenvalue weighted by Crippen LogP contribution is -2.19. The van der Waals surface area contributed by atoms with Crippen LogP contribution < -0.4 is 14.8 Å². The van der Waals surface area contributed by atoms with Gasteiger partial charge < -0.3 is 10.1 Å². The number of amides is 1. The summed E-state index contributed by atoms with van der Waals surface area (Å²) < 4.78 is 34.0. The lowest BCUT2D eigenvalue weighted by molar-refractivity contribution is 0.102. The number of sulfonamides is 1. The topological polar surface area (TPSA) is 84.5 Å². The van der Waals surface area contributed by atoms with Crippen LogP contribution >= 0.6 is 11.6 Å². The lowest BCUT2D eigenvalue weighted by atomic mass is 10.1. The minimum Gasteiger partial charge on any atom is -0.457 e. The largest absolute Gasteiger partial charge is 0.457 e. The molecule has 4 rings (SSSR count). The molecule has 0 saturated heterocycles. The average molecular weight is 493 g/mol. The first-order valence-corrected chi connectivity index (χ1v) is 12.4. The van der Waals surface area contributed by atoms with Gasteiger partial charge in [-0.1, -0.05) is 60.1 Å². The Morgan fingerprint density at radius 1 is 0.794 bits per heavy atom. The molecule has 0 aliphatic heterocycles. The Labute approximate surface area is 203 Å². The van der Waals surface area contributed by atoms with Crippen molar-refractivity contribution in [1.29, 1.82) is 0 Å². The molecule has 0 aliphatic rings. The molecule has 34 heavy (non-hydrogen) atoms. The highest BCUT2D eigenvalue weighted by Gasteiger charge is 2.19. The summed E-state index contributed by atoms with van der Waals surface area (Å²) in [4.78, 5) is 13.1. The third-order valence-corrected chi connectivity index (χ3v) is 6.28. The van der Waals surface area contributed by atoms with Crippen molar-refractivity contribution in [1.82, 2.24) is 0 Å². The molecule has 4 aromatic carbocycles. The van der Waals surface area contributed by atoms with Crippen molar-refractivity contribution in [3.63, 3.8) is 0 Å². The van der Waals surface area contributed by atoms with Crippen LogP contribution in [0.1, 0.15) is 15.9 Å². The molecule has 0 aromatic heterocycles. The zero-order chi connectivity index (χ0) is 24.0. The lowest BCUT2D eigenvalue weighted by Gasteiger charge is -2.15. The number of hydrogen-bond acceptors (Lipinski definition) is 4. The van der Waals surface area contributed by atoms with E-state index in [1.165, 1.54) is 12.1 Å². The minimum atomic E-state index is -3.78. The van der Waals surface area contributed by atoms with Crippen LogP contribution in [0.15, 0.2) is 103 Å². The van der Waals surface area contributed by atoms with Gasteiger partial charge in [0.25, 0.3) is 5.91 Å². The van der Waals surface area contributed by atoms with Crippen molar-refractivity contribution in [3.05, 3.63) is 119 Å². The van der Waals surface area contributed by atoms with E-state index in [1.807, 2.05) is 24.3 Å². The minimum absolute atomic E-state index is 0.111. The average Bonchev–Trinajstić information content (AvgIpc) is 2.82.